The predicted octanol–water partition coefficient (Wildman–Crippen LogP) is 1.08. The summed E-state index contributed by atoms with van der Waals surface area (Å²) < 4.78 is 4.83. The fourth-order valence-corrected chi connectivity index (χ4v) is 2.45. The first-order valence-electron chi connectivity index (χ1n) is 8.07. The number of nitriles is 1. The Labute approximate surface area is 146 Å². The molecule has 0 heterocycles. The van der Waals surface area contributed by atoms with Crippen LogP contribution in [0.5, 0.6) is 0 Å². The maximum absolute atomic E-state index is 11.9. The molecule has 0 spiro atoms. The van der Waals surface area contributed by atoms with Gasteiger partial charge in [0.2, 0.25) is 0 Å². The predicted molar refractivity (Wildman–Crippen MR) is 89.4 cm³/mol. The van der Waals surface area contributed by atoms with Gasteiger partial charge >= 0.3 is 5.97 Å². The lowest BCUT2D eigenvalue weighted by molar-refractivity contribution is -0.147. The van der Waals surface area contributed by atoms with E-state index in [1.165, 1.54) is 0 Å². The second-order valence-corrected chi connectivity index (χ2v) is 6.35. The molecular weight excluding hydrogens is 322 g/mol. The number of benzene rings is 1. The summed E-state index contributed by atoms with van der Waals surface area (Å²) in [6.07, 6.45) is 1.80. The van der Waals surface area contributed by atoms with E-state index in [9.17, 15) is 19.6 Å². The van der Waals surface area contributed by atoms with Gasteiger partial charge in [-0.2, -0.15) is 5.26 Å². The first-order chi connectivity index (χ1) is 11.8. The number of nitrogens with zero attached hydrogens (tertiary/aromatic N) is 1. The summed E-state index contributed by atoms with van der Waals surface area (Å²) in [4.78, 5) is 35.4. The zero-order chi connectivity index (χ0) is 18.4. The van der Waals surface area contributed by atoms with Gasteiger partial charge in [-0.05, 0) is 44.7 Å². The summed E-state index contributed by atoms with van der Waals surface area (Å²) in [5.74, 6) is -1.50. The van der Waals surface area contributed by atoms with E-state index in [4.69, 9.17) is 4.74 Å². The smallest absolute Gasteiger partial charge is 0.325 e. The van der Waals surface area contributed by atoms with Gasteiger partial charge in [-0.15, -0.1) is 0 Å². The summed E-state index contributed by atoms with van der Waals surface area (Å²) in [7, 11) is 0. The molecule has 132 valence electrons. The van der Waals surface area contributed by atoms with Crippen LogP contribution in [-0.2, 0) is 14.3 Å². The van der Waals surface area contributed by atoms with E-state index in [2.05, 4.69) is 16.7 Å². The van der Waals surface area contributed by atoms with E-state index >= 15 is 0 Å². The third-order valence-electron chi connectivity index (χ3n) is 4.06. The van der Waals surface area contributed by atoms with Gasteiger partial charge in [-0.3, -0.25) is 14.4 Å². The minimum absolute atomic E-state index is 0.144. The average Bonchev–Trinajstić information content (AvgIpc) is 3.43. The fraction of sp³-hybridized carbons (Fsp3) is 0.444. The Kier molecular flexibility index (Phi) is 5.75. The molecular formula is C18H21N3O4. The summed E-state index contributed by atoms with van der Waals surface area (Å²) in [6.45, 7) is 2.70. The Morgan fingerprint density at radius 3 is 2.68 bits per heavy atom. The second kappa shape index (κ2) is 7.79. The topological polar surface area (TPSA) is 108 Å². The van der Waals surface area contributed by atoms with Gasteiger partial charge < -0.3 is 15.4 Å². The van der Waals surface area contributed by atoms with Crippen LogP contribution < -0.4 is 10.6 Å². The number of hydrogen-bond acceptors (Lipinski definition) is 5. The van der Waals surface area contributed by atoms with E-state index < -0.39 is 29.9 Å². The minimum Gasteiger partial charge on any atom is -0.454 e. The number of nitrogens with one attached hydrogen (secondary N) is 2. The number of carbonyl (C=O) groups excluding carboxylic acids is 3. The fourth-order valence-electron chi connectivity index (χ4n) is 2.45. The summed E-state index contributed by atoms with van der Waals surface area (Å²) in [5, 5.41) is 14.2. The normalized spacial score (nSPS) is 15.4. The van der Waals surface area contributed by atoms with Crippen molar-refractivity contribution in [3.8, 4) is 6.07 Å². The van der Waals surface area contributed by atoms with Crippen LogP contribution >= 0.6 is 0 Å². The van der Waals surface area contributed by atoms with Crippen LogP contribution in [0.25, 0.3) is 0 Å². The molecule has 1 aliphatic carbocycles. The van der Waals surface area contributed by atoms with Crippen molar-refractivity contribution >= 4 is 17.8 Å². The van der Waals surface area contributed by atoms with Crippen molar-refractivity contribution in [3.63, 3.8) is 0 Å². The largest absolute Gasteiger partial charge is 0.454 e. The highest BCUT2D eigenvalue weighted by Crippen LogP contribution is 2.39. The Morgan fingerprint density at radius 2 is 2.08 bits per heavy atom. The molecule has 0 saturated heterocycles. The first kappa shape index (κ1) is 18.5. The third-order valence-corrected chi connectivity index (χ3v) is 4.06. The van der Waals surface area contributed by atoms with Gasteiger partial charge in [-0.1, -0.05) is 17.7 Å². The molecule has 1 saturated carbocycles. The maximum atomic E-state index is 11.9. The van der Waals surface area contributed by atoms with Crippen molar-refractivity contribution in [2.45, 2.75) is 32.2 Å². The summed E-state index contributed by atoms with van der Waals surface area (Å²) in [6, 6.07) is 9.05. The van der Waals surface area contributed by atoms with Gasteiger partial charge in [0.05, 0.1) is 6.07 Å². The molecule has 0 radical (unpaired) electrons. The minimum atomic E-state index is -0.928. The number of esters is 1. The van der Waals surface area contributed by atoms with Gasteiger partial charge in [0, 0.05) is 5.56 Å². The third kappa shape index (κ3) is 5.31. The molecule has 0 bridgehead atoms. The molecule has 25 heavy (non-hydrogen) atoms. The summed E-state index contributed by atoms with van der Waals surface area (Å²) in [5.41, 5.74) is 0.450. The van der Waals surface area contributed by atoms with Crippen LogP contribution in [0.2, 0.25) is 0 Å². The highest BCUT2D eigenvalue weighted by atomic mass is 16.5. The van der Waals surface area contributed by atoms with Crippen LogP contribution in [0, 0.1) is 24.2 Å². The van der Waals surface area contributed by atoms with Crippen molar-refractivity contribution in [3.05, 3.63) is 35.4 Å². The van der Waals surface area contributed by atoms with Crippen LogP contribution in [-0.4, -0.2) is 36.5 Å². The molecule has 2 amide bonds. The van der Waals surface area contributed by atoms with Crippen molar-refractivity contribution < 1.29 is 19.1 Å². The Hall–Kier alpha value is -2.88. The number of amides is 2. The molecule has 1 fully saturated rings. The molecule has 0 unspecified atom stereocenters. The number of aryl methyl sites for hydroxylation is 1. The standard InChI is InChI=1S/C18H21N3O4/c1-12-4-3-5-13(8-12)17(24)20-9-16(23)25-10-15(22)21-18(2,11-19)14-6-7-14/h3-5,8,14H,6-7,9-10H2,1-2H3,(H,20,24)(H,21,22)/t18-/m0/s1. The maximum Gasteiger partial charge on any atom is 0.325 e. The lowest BCUT2D eigenvalue weighted by Crippen LogP contribution is -2.48. The molecule has 0 aliphatic heterocycles. The highest BCUT2D eigenvalue weighted by Gasteiger charge is 2.43. The SMILES string of the molecule is Cc1cccc(C(=O)NCC(=O)OCC(=O)N[C@@](C)(C#N)C2CC2)c1. The zero-order valence-electron chi connectivity index (χ0n) is 14.3. The van der Waals surface area contributed by atoms with E-state index in [0.717, 1.165) is 18.4 Å². The van der Waals surface area contributed by atoms with Crippen molar-refractivity contribution in [1.82, 2.24) is 10.6 Å². The van der Waals surface area contributed by atoms with E-state index in [0.29, 0.717) is 5.56 Å². The zero-order valence-corrected chi connectivity index (χ0v) is 14.3. The second-order valence-electron chi connectivity index (χ2n) is 6.35. The lowest BCUT2D eigenvalue weighted by atomic mass is 9.98. The molecule has 1 aromatic carbocycles. The number of ether oxygens (including phenoxy) is 1. The van der Waals surface area contributed by atoms with Crippen LogP contribution in [0.1, 0.15) is 35.7 Å². The molecule has 7 heteroatoms. The summed E-state index contributed by atoms with van der Waals surface area (Å²) >= 11 is 0. The molecule has 1 atom stereocenters. The molecule has 2 N–H and O–H groups in total. The van der Waals surface area contributed by atoms with Crippen molar-refractivity contribution in [2.75, 3.05) is 13.2 Å². The van der Waals surface area contributed by atoms with Crippen molar-refractivity contribution in [2.24, 2.45) is 5.92 Å². The molecule has 1 aliphatic rings. The number of hydrogen-bond donors (Lipinski definition) is 2. The Balaban J connectivity index is 1.72. The van der Waals surface area contributed by atoms with E-state index in [1.54, 1.807) is 25.1 Å². The molecule has 7 nitrogen and oxygen atoms in total. The quantitative estimate of drug-likeness (QED) is 0.720. The van der Waals surface area contributed by atoms with Crippen LogP contribution in [0.15, 0.2) is 24.3 Å². The van der Waals surface area contributed by atoms with E-state index in [1.807, 2.05) is 13.0 Å². The van der Waals surface area contributed by atoms with Gasteiger partial charge in [0.15, 0.2) is 6.61 Å². The lowest BCUT2D eigenvalue weighted by Gasteiger charge is -2.22. The van der Waals surface area contributed by atoms with Gasteiger partial charge in [0.1, 0.15) is 12.1 Å². The highest BCUT2D eigenvalue weighted by molar-refractivity contribution is 5.96. The number of rotatable bonds is 7. The molecule has 2 rings (SSSR count). The Morgan fingerprint density at radius 1 is 1.36 bits per heavy atom. The molecule has 0 aromatic heterocycles. The van der Waals surface area contributed by atoms with Crippen LogP contribution in [0.4, 0.5) is 0 Å². The van der Waals surface area contributed by atoms with Gasteiger partial charge in [-0.25, -0.2) is 0 Å². The monoisotopic (exact) mass is 343 g/mol. The van der Waals surface area contributed by atoms with Gasteiger partial charge in [0.25, 0.3) is 11.8 Å². The van der Waals surface area contributed by atoms with E-state index in [-0.39, 0.29) is 12.5 Å². The molecule has 1 aromatic rings. The van der Waals surface area contributed by atoms with Crippen LogP contribution in [0.3, 0.4) is 0 Å². The first-order valence-corrected chi connectivity index (χ1v) is 8.07. The Bertz CT molecular complexity index is 721. The van der Waals surface area contributed by atoms with Crippen molar-refractivity contribution in [1.29, 1.82) is 5.26 Å². The number of carbonyl (C=O) groups is 3. The average molecular weight is 343 g/mol.